The molecule has 2 heterocycles. The van der Waals surface area contributed by atoms with E-state index in [1.807, 2.05) is 6.20 Å². The first-order valence-corrected chi connectivity index (χ1v) is 6.98. The largest absolute Gasteiger partial charge is 0.378 e. The van der Waals surface area contributed by atoms with Crippen LogP contribution in [0, 0.1) is 6.92 Å². The van der Waals surface area contributed by atoms with Crippen LogP contribution in [0.25, 0.3) is 0 Å². The maximum Gasteiger partial charge on any atom is 0.142 e. The second-order valence-electron chi connectivity index (χ2n) is 4.46. The van der Waals surface area contributed by atoms with Gasteiger partial charge in [-0.2, -0.15) is 0 Å². The van der Waals surface area contributed by atoms with Crippen LogP contribution in [0.5, 0.6) is 0 Å². The lowest BCUT2D eigenvalue weighted by Crippen LogP contribution is -2.37. The van der Waals surface area contributed by atoms with Gasteiger partial charge in [-0.15, -0.1) is 0 Å². The van der Waals surface area contributed by atoms with Gasteiger partial charge in [-0.05, 0) is 54.2 Å². The summed E-state index contributed by atoms with van der Waals surface area (Å²) < 4.78 is 6.75. The standard InChI is InChI=1S/C13H19BrN2O/c1-3-17-11-4-6-16(7-5-11)13-12(14)8-10(2)9-15-13/h8-9,11H,3-7H2,1-2H3. The quantitative estimate of drug-likeness (QED) is 0.857. The number of anilines is 1. The molecule has 0 unspecified atom stereocenters. The molecule has 3 nitrogen and oxygen atoms in total. The second kappa shape index (κ2) is 5.83. The van der Waals surface area contributed by atoms with Crippen molar-refractivity contribution in [2.75, 3.05) is 24.6 Å². The van der Waals surface area contributed by atoms with Crippen molar-refractivity contribution >= 4 is 21.7 Å². The molecule has 0 radical (unpaired) electrons. The highest BCUT2D eigenvalue weighted by atomic mass is 79.9. The van der Waals surface area contributed by atoms with E-state index in [0.717, 1.165) is 42.8 Å². The average molecular weight is 299 g/mol. The van der Waals surface area contributed by atoms with Gasteiger partial charge >= 0.3 is 0 Å². The topological polar surface area (TPSA) is 25.4 Å². The van der Waals surface area contributed by atoms with Crippen molar-refractivity contribution in [1.29, 1.82) is 0 Å². The fourth-order valence-electron chi connectivity index (χ4n) is 2.23. The fraction of sp³-hybridized carbons (Fsp3) is 0.615. The van der Waals surface area contributed by atoms with Gasteiger partial charge in [0.05, 0.1) is 10.6 Å². The van der Waals surface area contributed by atoms with Gasteiger partial charge < -0.3 is 9.64 Å². The number of ether oxygens (including phenoxy) is 1. The first-order valence-electron chi connectivity index (χ1n) is 6.19. The smallest absolute Gasteiger partial charge is 0.142 e. The van der Waals surface area contributed by atoms with Crippen molar-refractivity contribution in [1.82, 2.24) is 4.98 Å². The number of halogens is 1. The highest BCUT2D eigenvalue weighted by Crippen LogP contribution is 2.27. The Balaban J connectivity index is 2.00. The van der Waals surface area contributed by atoms with Gasteiger partial charge in [0.2, 0.25) is 0 Å². The number of hydrogen-bond acceptors (Lipinski definition) is 3. The number of rotatable bonds is 3. The Morgan fingerprint density at radius 1 is 1.47 bits per heavy atom. The zero-order valence-electron chi connectivity index (χ0n) is 10.4. The minimum absolute atomic E-state index is 0.431. The predicted octanol–water partition coefficient (Wildman–Crippen LogP) is 3.16. The van der Waals surface area contributed by atoms with Crippen LogP contribution < -0.4 is 4.90 Å². The highest BCUT2D eigenvalue weighted by Gasteiger charge is 2.21. The number of hydrogen-bond donors (Lipinski definition) is 0. The Morgan fingerprint density at radius 3 is 2.76 bits per heavy atom. The molecule has 0 aromatic carbocycles. The first-order chi connectivity index (χ1) is 8.20. The zero-order chi connectivity index (χ0) is 12.3. The molecule has 0 spiro atoms. The second-order valence-corrected chi connectivity index (χ2v) is 5.31. The fourth-order valence-corrected chi connectivity index (χ4v) is 2.94. The van der Waals surface area contributed by atoms with Gasteiger partial charge in [-0.25, -0.2) is 4.98 Å². The SMILES string of the molecule is CCOC1CCN(c2ncc(C)cc2Br)CC1. The van der Waals surface area contributed by atoms with E-state index in [4.69, 9.17) is 4.74 Å². The molecular formula is C13H19BrN2O. The summed E-state index contributed by atoms with van der Waals surface area (Å²) in [6.45, 7) is 6.99. The summed E-state index contributed by atoms with van der Waals surface area (Å²) in [7, 11) is 0. The molecule has 0 N–H and O–H groups in total. The number of pyridine rings is 1. The van der Waals surface area contributed by atoms with Crippen molar-refractivity contribution in [2.24, 2.45) is 0 Å². The summed E-state index contributed by atoms with van der Waals surface area (Å²) in [6.07, 6.45) is 4.54. The Hall–Kier alpha value is -0.610. The van der Waals surface area contributed by atoms with Gasteiger partial charge in [0.15, 0.2) is 0 Å². The van der Waals surface area contributed by atoms with Crippen LogP contribution in [0.15, 0.2) is 16.7 Å². The van der Waals surface area contributed by atoms with Crippen LogP contribution >= 0.6 is 15.9 Å². The van der Waals surface area contributed by atoms with Crippen LogP contribution in [-0.4, -0.2) is 30.8 Å². The van der Waals surface area contributed by atoms with E-state index in [2.05, 4.69) is 45.7 Å². The molecule has 17 heavy (non-hydrogen) atoms. The van der Waals surface area contributed by atoms with E-state index in [0.29, 0.717) is 6.10 Å². The van der Waals surface area contributed by atoms with E-state index in [1.54, 1.807) is 0 Å². The molecule has 1 fully saturated rings. The van der Waals surface area contributed by atoms with Crippen molar-refractivity contribution in [3.8, 4) is 0 Å². The third kappa shape index (κ3) is 3.19. The monoisotopic (exact) mass is 298 g/mol. The molecule has 94 valence electrons. The van der Waals surface area contributed by atoms with Gasteiger partial charge in [0.25, 0.3) is 0 Å². The number of aromatic nitrogens is 1. The summed E-state index contributed by atoms with van der Waals surface area (Å²) in [6, 6.07) is 2.12. The summed E-state index contributed by atoms with van der Waals surface area (Å²) in [5, 5.41) is 0. The Kier molecular flexibility index (Phi) is 4.40. The molecular weight excluding hydrogens is 280 g/mol. The van der Waals surface area contributed by atoms with Gasteiger partial charge in [-0.3, -0.25) is 0 Å². The maximum absolute atomic E-state index is 5.66. The van der Waals surface area contributed by atoms with Crippen LogP contribution in [0.1, 0.15) is 25.3 Å². The minimum Gasteiger partial charge on any atom is -0.378 e. The molecule has 1 aromatic heterocycles. The third-order valence-corrected chi connectivity index (χ3v) is 3.69. The normalized spacial score (nSPS) is 17.5. The van der Waals surface area contributed by atoms with Crippen LogP contribution in [-0.2, 0) is 4.74 Å². The lowest BCUT2D eigenvalue weighted by Gasteiger charge is -2.33. The number of aryl methyl sites for hydroxylation is 1. The van der Waals surface area contributed by atoms with E-state index in [-0.39, 0.29) is 0 Å². The van der Waals surface area contributed by atoms with Crippen molar-refractivity contribution in [3.05, 3.63) is 22.3 Å². The van der Waals surface area contributed by atoms with Crippen molar-refractivity contribution in [3.63, 3.8) is 0 Å². The molecule has 1 aliphatic rings. The molecule has 4 heteroatoms. The van der Waals surface area contributed by atoms with Gasteiger partial charge in [0, 0.05) is 25.9 Å². The predicted molar refractivity (Wildman–Crippen MR) is 73.5 cm³/mol. The number of nitrogens with zero attached hydrogens (tertiary/aromatic N) is 2. The summed E-state index contributed by atoms with van der Waals surface area (Å²) in [5.74, 6) is 1.06. The third-order valence-electron chi connectivity index (χ3n) is 3.10. The number of piperidine rings is 1. The molecule has 0 saturated carbocycles. The van der Waals surface area contributed by atoms with Crippen molar-refractivity contribution < 1.29 is 4.74 Å². The van der Waals surface area contributed by atoms with Crippen molar-refractivity contribution in [2.45, 2.75) is 32.8 Å². The molecule has 1 aliphatic heterocycles. The Bertz CT molecular complexity index is 376. The molecule has 0 bridgehead atoms. The summed E-state index contributed by atoms with van der Waals surface area (Å²) in [5.41, 5.74) is 1.19. The minimum atomic E-state index is 0.431. The van der Waals surface area contributed by atoms with Gasteiger partial charge in [-0.1, -0.05) is 0 Å². The average Bonchev–Trinajstić information content (AvgIpc) is 2.31. The first kappa shape index (κ1) is 12.8. The summed E-state index contributed by atoms with van der Waals surface area (Å²) in [4.78, 5) is 6.84. The molecule has 1 saturated heterocycles. The molecule has 2 rings (SSSR count). The van der Waals surface area contributed by atoms with Crippen LogP contribution in [0.4, 0.5) is 5.82 Å². The van der Waals surface area contributed by atoms with Crippen LogP contribution in [0.2, 0.25) is 0 Å². The lowest BCUT2D eigenvalue weighted by atomic mass is 10.1. The van der Waals surface area contributed by atoms with Gasteiger partial charge in [0.1, 0.15) is 5.82 Å². The van der Waals surface area contributed by atoms with Crippen LogP contribution in [0.3, 0.4) is 0 Å². The summed E-state index contributed by atoms with van der Waals surface area (Å²) >= 11 is 3.59. The van der Waals surface area contributed by atoms with E-state index >= 15 is 0 Å². The van der Waals surface area contributed by atoms with E-state index in [9.17, 15) is 0 Å². The Labute approximate surface area is 111 Å². The Morgan fingerprint density at radius 2 is 2.18 bits per heavy atom. The maximum atomic E-state index is 5.66. The molecule has 1 aromatic rings. The molecule has 0 amide bonds. The highest BCUT2D eigenvalue weighted by molar-refractivity contribution is 9.10. The molecule has 0 atom stereocenters. The molecule has 0 aliphatic carbocycles. The zero-order valence-corrected chi connectivity index (χ0v) is 12.0. The lowest BCUT2D eigenvalue weighted by molar-refractivity contribution is 0.0458. The van der Waals surface area contributed by atoms with E-state index in [1.165, 1.54) is 5.56 Å². The van der Waals surface area contributed by atoms with E-state index < -0.39 is 0 Å².